The van der Waals surface area contributed by atoms with Gasteiger partial charge in [0.2, 0.25) is 0 Å². The van der Waals surface area contributed by atoms with Crippen molar-refractivity contribution in [1.29, 1.82) is 0 Å². The van der Waals surface area contributed by atoms with E-state index in [0.29, 0.717) is 5.70 Å². The van der Waals surface area contributed by atoms with Gasteiger partial charge in [0, 0.05) is 11.8 Å². The highest BCUT2D eigenvalue weighted by Crippen LogP contribution is 2.03. The van der Waals surface area contributed by atoms with Gasteiger partial charge in [-0.05, 0) is 26.3 Å². The van der Waals surface area contributed by atoms with Crippen LogP contribution in [0, 0.1) is 6.92 Å². The highest BCUT2D eigenvalue weighted by Gasteiger charge is 1.99. The number of aromatic amines is 1. The maximum Gasteiger partial charge on any atom is 0.271 e. The summed E-state index contributed by atoms with van der Waals surface area (Å²) in [7, 11) is 0. The first-order valence-electron chi connectivity index (χ1n) is 5.37. The van der Waals surface area contributed by atoms with Gasteiger partial charge < -0.3 is 0 Å². The van der Waals surface area contributed by atoms with Crippen molar-refractivity contribution in [3.8, 4) is 0 Å². The Kier molecular flexibility index (Phi) is 4.11. The Hall–Kier alpha value is -1.77. The molecule has 0 atom stereocenters. The average molecular weight is 218 g/mol. The first kappa shape index (κ1) is 12.3. The Bertz CT molecular complexity index is 486. The Balaban J connectivity index is 2.85. The Morgan fingerprint density at radius 2 is 2.25 bits per heavy atom. The van der Waals surface area contributed by atoms with Crippen LogP contribution in [0.1, 0.15) is 26.0 Å². The molecule has 86 valence electrons. The average Bonchev–Trinajstić information content (AvgIpc) is 2.55. The molecular formula is C13H18N2O. The van der Waals surface area contributed by atoms with Gasteiger partial charge in [0.25, 0.3) is 5.56 Å². The summed E-state index contributed by atoms with van der Waals surface area (Å²) in [6.07, 6.45) is 6.91. The van der Waals surface area contributed by atoms with Crippen LogP contribution in [0.2, 0.25) is 0 Å². The number of aryl methyl sites for hydroxylation is 1. The fraction of sp³-hybridized carbons (Fsp3) is 0.308. The molecule has 3 nitrogen and oxygen atoms in total. The van der Waals surface area contributed by atoms with Crippen molar-refractivity contribution in [3.05, 3.63) is 52.5 Å². The van der Waals surface area contributed by atoms with Crippen LogP contribution in [-0.2, 0) is 0 Å². The molecule has 16 heavy (non-hydrogen) atoms. The summed E-state index contributed by atoms with van der Waals surface area (Å²) in [6.45, 7) is 9.81. The zero-order valence-electron chi connectivity index (χ0n) is 10.1. The third kappa shape index (κ3) is 3.12. The lowest BCUT2D eigenvalue weighted by atomic mass is 10.2. The van der Waals surface area contributed by atoms with Gasteiger partial charge in [-0.1, -0.05) is 31.2 Å². The number of aromatic nitrogens is 2. The third-order valence-electron chi connectivity index (χ3n) is 2.20. The minimum absolute atomic E-state index is 0.0794. The van der Waals surface area contributed by atoms with Crippen molar-refractivity contribution in [2.24, 2.45) is 0 Å². The van der Waals surface area contributed by atoms with Gasteiger partial charge in [0.15, 0.2) is 0 Å². The van der Waals surface area contributed by atoms with Gasteiger partial charge in [0.05, 0.1) is 5.70 Å². The molecule has 0 saturated carbocycles. The highest BCUT2D eigenvalue weighted by molar-refractivity contribution is 5.54. The summed E-state index contributed by atoms with van der Waals surface area (Å²) in [5.74, 6) is 0. The second-order valence-corrected chi connectivity index (χ2v) is 3.79. The van der Waals surface area contributed by atoms with Crippen LogP contribution in [-0.4, -0.2) is 9.78 Å². The predicted molar refractivity (Wildman–Crippen MR) is 68.3 cm³/mol. The van der Waals surface area contributed by atoms with Gasteiger partial charge in [0.1, 0.15) is 0 Å². The van der Waals surface area contributed by atoms with Crippen molar-refractivity contribution >= 4 is 5.70 Å². The first-order valence-corrected chi connectivity index (χ1v) is 5.37. The number of allylic oxidation sites excluding steroid dienone is 5. The topological polar surface area (TPSA) is 37.8 Å². The van der Waals surface area contributed by atoms with Gasteiger partial charge in [-0.3, -0.25) is 9.89 Å². The molecule has 0 radical (unpaired) electrons. The van der Waals surface area contributed by atoms with Crippen molar-refractivity contribution in [2.45, 2.75) is 27.2 Å². The lowest BCUT2D eigenvalue weighted by Crippen LogP contribution is -2.13. The van der Waals surface area contributed by atoms with Crippen molar-refractivity contribution in [1.82, 2.24) is 9.78 Å². The summed E-state index contributed by atoms with van der Waals surface area (Å²) in [5, 5.41) is 2.93. The van der Waals surface area contributed by atoms with E-state index in [1.165, 1.54) is 10.3 Å². The molecule has 0 bridgehead atoms. The molecule has 0 aromatic carbocycles. The second-order valence-electron chi connectivity index (χ2n) is 3.79. The highest BCUT2D eigenvalue weighted by atomic mass is 16.1. The molecule has 0 aliphatic rings. The van der Waals surface area contributed by atoms with Crippen LogP contribution >= 0.6 is 0 Å². The number of hydrogen-bond donors (Lipinski definition) is 1. The summed E-state index contributed by atoms with van der Waals surface area (Å²) in [6, 6.07) is 1.55. The molecule has 0 aliphatic heterocycles. The van der Waals surface area contributed by atoms with Crippen LogP contribution in [0.3, 0.4) is 0 Å². The quantitative estimate of drug-likeness (QED) is 0.775. The van der Waals surface area contributed by atoms with Crippen molar-refractivity contribution in [2.75, 3.05) is 0 Å². The van der Waals surface area contributed by atoms with E-state index >= 15 is 0 Å². The summed E-state index contributed by atoms with van der Waals surface area (Å²) in [4.78, 5) is 11.5. The minimum atomic E-state index is -0.0794. The van der Waals surface area contributed by atoms with Gasteiger partial charge >= 0.3 is 0 Å². The Labute approximate surface area is 95.8 Å². The molecule has 0 spiro atoms. The molecule has 0 unspecified atom stereocenters. The molecule has 1 rings (SSSR count). The number of hydrogen-bond acceptors (Lipinski definition) is 1. The maximum atomic E-state index is 11.5. The van der Waals surface area contributed by atoms with Crippen LogP contribution < -0.4 is 5.56 Å². The Morgan fingerprint density at radius 3 is 2.75 bits per heavy atom. The molecule has 0 saturated heterocycles. The van der Waals surface area contributed by atoms with Crippen LogP contribution in [0.5, 0.6) is 0 Å². The van der Waals surface area contributed by atoms with E-state index in [4.69, 9.17) is 0 Å². The zero-order chi connectivity index (χ0) is 12.1. The van der Waals surface area contributed by atoms with Gasteiger partial charge in [-0.2, -0.15) is 0 Å². The summed E-state index contributed by atoms with van der Waals surface area (Å²) < 4.78 is 1.44. The standard InChI is InChI=1S/C13H18N2O/c1-5-6-10(2)7-8-12(4)15-13(16)9-11(3)14-15/h6-9,14H,4-5H2,1-3H3/b8-7-,10-6-. The minimum Gasteiger partial charge on any atom is -0.295 e. The van der Waals surface area contributed by atoms with Crippen LogP contribution in [0.25, 0.3) is 5.70 Å². The fourth-order valence-electron chi connectivity index (χ4n) is 1.42. The lowest BCUT2D eigenvalue weighted by Gasteiger charge is -2.00. The second kappa shape index (κ2) is 5.35. The van der Waals surface area contributed by atoms with E-state index in [2.05, 4.69) is 24.7 Å². The number of nitrogens with zero attached hydrogens (tertiary/aromatic N) is 1. The summed E-state index contributed by atoms with van der Waals surface area (Å²) in [5.41, 5.74) is 2.56. The summed E-state index contributed by atoms with van der Waals surface area (Å²) >= 11 is 0. The predicted octanol–water partition coefficient (Wildman–Crippen LogP) is 2.87. The molecular weight excluding hydrogens is 200 g/mol. The van der Waals surface area contributed by atoms with Crippen molar-refractivity contribution in [3.63, 3.8) is 0 Å². The molecule has 0 fully saturated rings. The lowest BCUT2D eigenvalue weighted by molar-refractivity contribution is 0.864. The largest absolute Gasteiger partial charge is 0.295 e. The van der Waals surface area contributed by atoms with E-state index in [-0.39, 0.29) is 5.56 Å². The SMILES string of the molecule is C=C(/C=C\C(C)=C/CC)n1[nH]c(C)cc1=O. The van der Waals surface area contributed by atoms with E-state index in [0.717, 1.165) is 12.1 Å². The van der Waals surface area contributed by atoms with Crippen LogP contribution in [0.15, 0.2) is 41.2 Å². The molecule has 1 aromatic heterocycles. The monoisotopic (exact) mass is 218 g/mol. The van der Waals surface area contributed by atoms with E-state index in [1.807, 2.05) is 26.0 Å². The fourth-order valence-corrected chi connectivity index (χ4v) is 1.42. The molecule has 3 heteroatoms. The maximum absolute atomic E-state index is 11.5. The van der Waals surface area contributed by atoms with Gasteiger partial charge in [-0.15, -0.1) is 0 Å². The van der Waals surface area contributed by atoms with Crippen molar-refractivity contribution < 1.29 is 0 Å². The number of nitrogens with one attached hydrogen (secondary N) is 1. The smallest absolute Gasteiger partial charge is 0.271 e. The molecule has 1 N–H and O–H groups in total. The molecule has 0 amide bonds. The zero-order valence-corrected chi connectivity index (χ0v) is 10.1. The molecule has 1 heterocycles. The third-order valence-corrected chi connectivity index (χ3v) is 2.20. The number of rotatable bonds is 4. The van der Waals surface area contributed by atoms with Gasteiger partial charge in [-0.25, -0.2) is 4.68 Å². The van der Waals surface area contributed by atoms with E-state index < -0.39 is 0 Å². The molecule has 1 aromatic rings. The molecule has 0 aliphatic carbocycles. The normalized spacial score (nSPS) is 12.3. The Morgan fingerprint density at radius 1 is 1.56 bits per heavy atom. The van der Waals surface area contributed by atoms with Crippen LogP contribution in [0.4, 0.5) is 0 Å². The van der Waals surface area contributed by atoms with E-state index in [1.54, 1.807) is 6.07 Å². The first-order chi connectivity index (χ1) is 7.54. The van der Waals surface area contributed by atoms with E-state index in [9.17, 15) is 4.79 Å². The number of H-pyrrole nitrogens is 1.